The minimum Gasteiger partial charge on any atom is -0.393 e. The van der Waals surface area contributed by atoms with Crippen molar-refractivity contribution in [1.29, 1.82) is 0 Å². The van der Waals surface area contributed by atoms with Crippen LogP contribution in [0.25, 0.3) is 0 Å². The van der Waals surface area contributed by atoms with E-state index in [-0.39, 0.29) is 0 Å². The molecule has 0 amide bonds. The van der Waals surface area contributed by atoms with Crippen molar-refractivity contribution in [3.05, 3.63) is 29.8 Å². The first-order chi connectivity index (χ1) is 7.39. The molecule has 1 aromatic carbocycles. The van der Waals surface area contributed by atoms with Crippen LogP contribution in [-0.4, -0.2) is 17.8 Å². The number of aliphatic hydroxyl groups is 1. The Morgan fingerprint density at radius 3 is 2.25 bits per heavy atom. The van der Waals surface area contributed by atoms with Crippen LogP contribution in [0.4, 0.5) is 18.9 Å². The highest BCUT2D eigenvalue weighted by Gasteiger charge is 2.29. The number of hydrogen-bond acceptors (Lipinski definition) is 2. The number of halogens is 3. The highest BCUT2D eigenvalue weighted by molar-refractivity contribution is 5.45. The van der Waals surface area contributed by atoms with Gasteiger partial charge in [0.2, 0.25) is 0 Å². The van der Waals surface area contributed by atoms with Gasteiger partial charge in [0, 0.05) is 12.2 Å². The molecule has 0 bridgehead atoms. The molecule has 1 atom stereocenters. The van der Waals surface area contributed by atoms with Gasteiger partial charge in [-0.25, -0.2) is 0 Å². The molecule has 0 aliphatic heterocycles. The van der Waals surface area contributed by atoms with Gasteiger partial charge in [0.05, 0.1) is 11.7 Å². The van der Waals surface area contributed by atoms with Crippen molar-refractivity contribution < 1.29 is 18.3 Å². The van der Waals surface area contributed by atoms with E-state index in [9.17, 15) is 13.2 Å². The van der Waals surface area contributed by atoms with Crippen molar-refractivity contribution in [2.75, 3.05) is 11.9 Å². The first-order valence-electron chi connectivity index (χ1n) is 4.99. The summed E-state index contributed by atoms with van der Waals surface area (Å²) in [7, 11) is 0. The summed E-state index contributed by atoms with van der Waals surface area (Å²) in [5, 5.41) is 11.9. The van der Waals surface area contributed by atoms with Gasteiger partial charge in [-0.05, 0) is 37.6 Å². The number of benzene rings is 1. The number of alkyl halides is 3. The van der Waals surface area contributed by atoms with Crippen molar-refractivity contribution in [3.8, 4) is 0 Å². The van der Waals surface area contributed by atoms with E-state index in [0.717, 1.165) is 12.1 Å². The van der Waals surface area contributed by atoms with Crippen molar-refractivity contribution in [1.82, 2.24) is 0 Å². The summed E-state index contributed by atoms with van der Waals surface area (Å²) in [6.07, 6.45) is -4.15. The van der Waals surface area contributed by atoms with Gasteiger partial charge in [-0.3, -0.25) is 0 Å². The molecule has 1 rings (SSSR count). The predicted octanol–water partition coefficient (Wildman–Crippen LogP) is 2.89. The van der Waals surface area contributed by atoms with E-state index < -0.39 is 17.8 Å². The van der Waals surface area contributed by atoms with E-state index in [1.54, 1.807) is 6.92 Å². The highest BCUT2D eigenvalue weighted by atomic mass is 19.4. The van der Waals surface area contributed by atoms with E-state index in [1.165, 1.54) is 12.1 Å². The molecule has 0 aliphatic rings. The Balaban J connectivity index is 2.52. The van der Waals surface area contributed by atoms with Gasteiger partial charge in [-0.2, -0.15) is 13.2 Å². The zero-order chi connectivity index (χ0) is 12.2. The van der Waals surface area contributed by atoms with Crippen LogP contribution in [0.3, 0.4) is 0 Å². The summed E-state index contributed by atoms with van der Waals surface area (Å²) in [4.78, 5) is 0. The fraction of sp³-hybridized carbons (Fsp3) is 0.455. The third-order valence-electron chi connectivity index (χ3n) is 2.10. The fourth-order valence-electron chi connectivity index (χ4n) is 1.20. The minimum absolute atomic E-state index is 0.415. The summed E-state index contributed by atoms with van der Waals surface area (Å²) in [5.41, 5.74) is -0.0396. The average Bonchev–Trinajstić information content (AvgIpc) is 2.16. The lowest BCUT2D eigenvalue weighted by atomic mass is 10.2. The zero-order valence-corrected chi connectivity index (χ0v) is 8.88. The first kappa shape index (κ1) is 12.8. The smallest absolute Gasteiger partial charge is 0.393 e. The molecule has 0 aromatic heterocycles. The molecule has 1 aromatic rings. The summed E-state index contributed by atoms with van der Waals surface area (Å²) >= 11 is 0. The first-order valence-corrected chi connectivity index (χ1v) is 4.99. The van der Waals surface area contributed by atoms with Crippen LogP contribution in [0, 0.1) is 0 Å². The normalized spacial score (nSPS) is 13.6. The predicted molar refractivity (Wildman–Crippen MR) is 56.2 cm³/mol. The molecular formula is C11H14F3NO. The van der Waals surface area contributed by atoms with Gasteiger partial charge in [-0.15, -0.1) is 0 Å². The Morgan fingerprint density at radius 1 is 1.25 bits per heavy atom. The number of rotatable bonds is 4. The largest absolute Gasteiger partial charge is 0.416 e. The second-order valence-electron chi connectivity index (χ2n) is 3.64. The second kappa shape index (κ2) is 5.21. The molecule has 90 valence electrons. The second-order valence-corrected chi connectivity index (χ2v) is 3.64. The lowest BCUT2D eigenvalue weighted by Crippen LogP contribution is -2.10. The fourth-order valence-corrected chi connectivity index (χ4v) is 1.20. The summed E-state index contributed by atoms with van der Waals surface area (Å²) in [6, 6.07) is 4.82. The summed E-state index contributed by atoms with van der Waals surface area (Å²) in [5.74, 6) is 0. The number of hydrogen-bond donors (Lipinski definition) is 2. The monoisotopic (exact) mass is 233 g/mol. The topological polar surface area (TPSA) is 32.3 Å². The molecule has 0 spiro atoms. The maximum atomic E-state index is 12.2. The van der Waals surface area contributed by atoms with Crippen molar-refractivity contribution in [3.63, 3.8) is 0 Å². The van der Waals surface area contributed by atoms with Gasteiger partial charge in [0.25, 0.3) is 0 Å². The maximum Gasteiger partial charge on any atom is 0.416 e. The van der Waals surface area contributed by atoms with Gasteiger partial charge >= 0.3 is 6.18 Å². The molecule has 16 heavy (non-hydrogen) atoms. The molecule has 2 nitrogen and oxygen atoms in total. The van der Waals surface area contributed by atoms with Crippen LogP contribution in [0.15, 0.2) is 24.3 Å². The molecule has 0 saturated carbocycles. The highest BCUT2D eigenvalue weighted by Crippen LogP contribution is 2.29. The Bertz CT molecular complexity index is 319. The summed E-state index contributed by atoms with van der Waals surface area (Å²) in [6.45, 7) is 2.19. The molecule has 0 fully saturated rings. The Morgan fingerprint density at radius 2 is 1.81 bits per heavy atom. The molecule has 0 heterocycles. The van der Waals surface area contributed by atoms with Gasteiger partial charge in [0.15, 0.2) is 0 Å². The maximum absolute atomic E-state index is 12.2. The molecule has 1 unspecified atom stereocenters. The van der Waals surface area contributed by atoms with Crippen molar-refractivity contribution >= 4 is 5.69 Å². The van der Waals surface area contributed by atoms with E-state index in [4.69, 9.17) is 5.11 Å². The summed E-state index contributed by atoms with van der Waals surface area (Å²) < 4.78 is 36.7. The minimum atomic E-state index is -4.29. The molecule has 0 radical (unpaired) electrons. The van der Waals surface area contributed by atoms with Crippen LogP contribution >= 0.6 is 0 Å². The van der Waals surface area contributed by atoms with E-state index in [2.05, 4.69) is 5.32 Å². The number of aliphatic hydroxyl groups excluding tert-OH is 1. The van der Waals surface area contributed by atoms with Gasteiger partial charge < -0.3 is 10.4 Å². The molecule has 0 saturated heterocycles. The van der Waals surface area contributed by atoms with Crippen LogP contribution in [0.1, 0.15) is 18.9 Å². The van der Waals surface area contributed by atoms with Crippen molar-refractivity contribution in [2.45, 2.75) is 25.6 Å². The lowest BCUT2D eigenvalue weighted by molar-refractivity contribution is -0.137. The SMILES string of the molecule is CC(O)CCNc1ccc(C(F)(F)F)cc1. The molecular weight excluding hydrogens is 219 g/mol. The van der Waals surface area contributed by atoms with Crippen LogP contribution in [0.2, 0.25) is 0 Å². The van der Waals surface area contributed by atoms with Crippen LogP contribution in [0.5, 0.6) is 0 Å². The Hall–Kier alpha value is -1.23. The van der Waals surface area contributed by atoms with Crippen LogP contribution in [-0.2, 0) is 6.18 Å². The standard InChI is InChI=1S/C11H14F3NO/c1-8(16)6-7-15-10-4-2-9(3-5-10)11(12,13)14/h2-5,8,15-16H,6-7H2,1H3. The number of nitrogens with one attached hydrogen (secondary N) is 1. The van der Waals surface area contributed by atoms with E-state index in [1.807, 2.05) is 0 Å². The number of anilines is 1. The van der Waals surface area contributed by atoms with Gasteiger partial charge in [-0.1, -0.05) is 0 Å². The third kappa shape index (κ3) is 4.10. The molecule has 5 heteroatoms. The molecule has 2 N–H and O–H groups in total. The molecule has 0 aliphatic carbocycles. The van der Waals surface area contributed by atoms with E-state index in [0.29, 0.717) is 18.7 Å². The lowest BCUT2D eigenvalue weighted by Gasteiger charge is -2.10. The average molecular weight is 233 g/mol. The zero-order valence-electron chi connectivity index (χ0n) is 8.88. The third-order valence-corrected chi connectivity index (χ3v) is 2.10. The quantitative estimate of drug-likeness (QED) is 0.838. The van der Waals surface area contributed by atoms with Gasteiger partial charge in [0.1, 0.15) is 0 Å². The van der Waals surface area contributed by atoms with Crippen LogP contribution < -0.4 is 5.32 Å². The Kier molecular flexibility index (Phi) is 4.18. The Labute approximate surface area is 92.1 Å². The van der Waals surface area contributed by atoms with Crippen molar-refractivity contribution in [2.24, 2.45) is 0 Å². The van der Waals surface area contributed by atoms with E-state index >= 15 is 0 Å².